The van der Waals surface area contributed by atoms with Crippen molar-refractivity contribution in [1.82, 2.24) is 0 Å². The predicted molar refractivity (Wildman–Crippen MR) is 60.2 cm³/mol. The Morgan fingerprint density at radius 3 is 2.17 bits per heavy atom. The van der Waals surface area contributed by atoms with Crippen LogP contribution in [0.3, 0.4) is 0 Å². The maximum atomic E-state index is 12.2. The van der Waals surface area contributed by atoms with Crippen molar-refractivity contribution in [3.63, 3.8) is 0 Å². The molecule has 0 bridgehead atoms. The number of methoxy groups -OCH3 is 2. The molecule has 1 aromatic carbocycles. The molecule has 0 aromatic heterocycles. The Labute approximate surface area is 107 Å². The minimum atomic E-state index is -4.48. The summed E-state index contributed by atoms with van der Waals surface area (Å²) >= 11 is 5.80. The Bertz CT molecular complexity index is 421. The van der Waals surface area contributed by atoms with Gasteiger partial charge in [-0.25, -0.2) is 0 Å². The molecular formula is C11H12ClF3O3. The van der Waals surface area contributed by atoms with Crippen LogP contribution in [0.4, 0.5) is 13.2 Å². The van der Waals surface area contributed by atoms with E-state index >= 15 is 0 Å². The first kappa shape index (κ1) is 14.9. The second kappa shape index (κ2) is 5.67. The van der Waals surface area contributed by atoms with E-state index in [2.05, 4.69) is 0 Å². The van der Waals surface area contributed by atoms with E-state index in [0.29, 0.717) is 0 Å². The number of hydrogen-bond donors (Lipinski definition) is 1. The lowest BCUT2D eigenvalue weighted by Crippen LogP contribution is -2.14. The molecule has 7 heteroatoms. The third kappa shape index (κ3) is 3.68. The van der Waals surface area contributed by atoms with Gasteiger partial charge in [0, 0.05) is 11.6 Å². The summed E-state index contributed by atoms with van der Waals surface area (Å²) in [6.07, 6.45) is -7.59. The molecule has 0 aliphatic rings. The second-order valence-corrected chi connectivity index (χ2v) is 3.97. The van der Waals surface area contributed by atoms with Gasteiger partial charge in [-0.05, 0) is 6.07 Å². The second-order valence-electron chi connectivity index (χ2n) is 3.56. The summed E-state index contributed by atoms with van der Waals surface area (Å²) < 4.78 is 46.5. The lowest BCUT2D eigenvalue weighted by molar-refractivity contribution is -0.154. The summed E-state index contributed by atoms with van der Waals surface area (Å²) in [7, 11) is 2.71. The quantitative estimate of drug-likeness (QED) is 0.921. The zero-order valence-electron chi connectivity index (χ0n) is 9.71. The fourth-order valence-corrected chi connectivity index (χ4v) is 1.73. The molecule has 1 rings (SSSR count). The molecule has 0 spiro atoms. The first-order valence-electron chi connectivity index (χ1n) is 4.94. The molecule has 0 aliphatic heterocycles. The zero-order valence-corrected chi connectivity index (χ0v) is 10.5. The van der Waals surface area contributed by atoms with E-state index in [9.17, 15) is 18.3 Å². The number of hydrogen-bond acceptors (Lipinski definition) is 3. The van der Waals surface area contributed by atoms with Crippen LogP contribution >= 0.6 is 11.6 Å². The molecule has 0 saturated heterocycles. The molecule has 0 radical (unpaired) electrons. The van der Waals surface area contributed by atoms with Gasteiger partial charge in [0.15, 0.2) is 11.5 Å². The van der Waals surface area contributed by atoms with Gasteiger partial charge in [-0.1, -0.05) is 11.6 Å². The lowest BCUT2D eigenvalue weighted by atomic mass is 10.1. The summed E-state index contributed by atoms with van der Waals surface area (Å²) in [5.41, 5.74) is -0.0494. The van der Waals surface area contributed by atoms with E-state index in [-0.39, 0.29) is 22.1 Å². The van der Waals surface area contributed by atoms with Crippen LogP contribution in [-0.2, 0) is 0 Å². The molecule has 102 valence electrons. The van der Waals surface area contributed by atoms with E-state index in [0.717, 1.165) is 0 Å². The molecule has 0 fully saturated rings. The van der Waals surface area contributed by atoms with Gasteiger partial charge in [-0.15, -0.1) is 0 Å². The largest absolute Gasteiger partial charge is 0.493 e. The molecule has 1 N–H and O–H groups in total. The Morgan fingerprint density at radius 2 is 1.72 bits per heavy atom. The van der Waals surface area contributed by atoms with Gasteiger partial charge in [-0.2, -0.15) is 13.2 Å². The van der Waals surface area contributed by atoms with Crippen molar-refractivity contribution in [3.05, 3.63) is 22.7 Å². The van der Waals surface area contributed by atoms with Crippen LogP contribution in [0, 0.1) is 0 Å². The highest BCUT2D eigenvalue weighted by Gasteiger charge is 2.33. The van der Waals surface area contributed by atoms with Crippen molar-refractivity contribution in [3.8, 4) is 11.5 Å². The minimum Gasteiger partial charge on any atom is -0.493 e. The number of alkyl halides is 3. The average molecular weight is 285 g/mol. The van der Waals surface area contributed by atoms with Crippen molar-refractivity contribution >= 4 is 11.6 Å². The van der Waals surface area contributed by atoms with E-state index in [1.807, 2.05) is 0 Å². The number of aliphatic hydroxyl groups is 1. The van der Waals surface area contributed by atoms with E-state index in [4.69, 9.17) is 21.1 Å². The van der Waals surface area contributed by atoms with Crippen LogP contribution in [0.15, 0.2) is 12.1 Å². The van der Waals surface area contributed by atoms with E-state index in [1.54, 1.807) is 0 Å². The number of aliphatic hydroxyl groups excluding tert-OH is 1. The topological polar surface area (TPSA) is 38.7 Å². The van der Waals surface area contributed by atoms with Crippen molar-refractivity contribution in [2.75, 3.05) is 14.2 Å². The van der Waals surface area contributed by atoms with Crippen LogP contribution in [-0.4, -0.2) is 25.5 Å². The monoisotopic (exact) mass is 284 g/mol. The Hall–Kier alpha value is -1.14. The maximum absolute atomic E-state index is 12.2. The fourth-order valence-electron chi connectivity index (χ4n) is 1.45. The minimum absolute atomic E-state index is 0.00981. The van der Waals surface area contributed by atoms with Gasteiger partial charge in [0.05, 0.1) is 31.8 Å². The summed E-state index contributed by atoms with van der Waals surface area (Å²) in [4.78, 5) is 0. The fraction of sp³-hybridized carbons (Fsp3) is 0.455. The SMILES string of the molecule is COc1cc(Cl)c(C(O)CC(F)(F)F)cc1OC. The van der Waals surface area contributed by atoms with Crippen molar-refractivity contribution in [2.24, 2.45) is 0 Å². The number of halogens is 4. The molecular weight excluding hydrogens is 273 g/mol. The zero-order chi connectivity index (χ0) is 13.9. The molecule has 1 aromatic rings. The molecule has 0 heterocycles. The van der Waals surface area contributed by atoms with Crippen LogP contribution < -0.4 is 9.47 Å². The van der Waals surface area contributed by atoms with Crippen molar-refractivity contribution in [1.29, 1.82) is 0 Å². The standard InChI is InChI=1S/C11H12ClF3O3/c1-17-9-3-6(7(12)4-10(9)18-2)8(16)5-11(13,14)15/h3-4,8,16H,5H2,1-2H3. The van der Waals surface area contributed by atoms with Gasteiger partial charge in [0.25, 0.3) is 0 Å². The highest BCUT2D eigenvalue weighted by molar-refractivity contribution is 6.31. The van der Waals surface area contributed by atoms with E-state index < -0.39 is 18.7 Å². The molecule has 1 atom stereocenters. The Balaban J connectivity index is 3.09. The molecule has 1 unspecified atom stereocenters. The molecule has 18 heavy (non-hydrogen) atoms. The predicted octanol–water partition coefficient (Wildman–Crippen LogP) is 3.34. The van der Waals surface area contributed by atoms with Gasteiger partial charge in [-0.3, -0.25) is 0 Å². The first-order valence-corrected chi connectivity index (χ1v) is 5.32. The Morgan fingerprint density at radius 1 is 1.22 bits per heavy atom. The van der Waals surface area contributed by atoms with Gasteiger partial charge in [0.2, 0.25) is 0 Å². The summed E-state index contributed by atoms with van der Waals surface area (Å²) in [5.74, 6) is 0.489. The highest BCUT2D eigenvalue weighted by Crippen LogP contribution is 2.39. The first-order chi connectivity index (χ1) is 8.28. The Kier molecular flexibility index (Phi) is 4.70. The number of rotatable bonds is 4. The summed E-state index contributed by atoms with van der Waals surface area (Å²) in [5, 5.41) is 9.51. The molecule has 0 saturated carbocycles. The van der Waals surface area contributed by atoms with Crippen molar-refractivity contribution in [2.45, 2.75) is 18.7 Å². The number of ether oxygens (including phenoxy) is 2. The normalized spacial score (nSPS) is 13.3. The highest BCUT2D eigenvalue weighted by atomic mass is 35.5. The van der Waals surface area contributed by atoms with Crippen LogP contribution in [0.25, 0.3) is 0 Å². The summed E-state index contributed by atoms with van der Waals surface area (Å²) in [6.45, 7) is 0. The molecule has 0 aliphatic carbocycles. The van der Waals surface area contributed by atoms with Crippen LogP contribution in [0.2, 0.25) is 5.02 Å². The van der Waals surface area contributed by atoms with Gasteiger partial charge < -0.3 is 14.6 Å². The smallest absolute Gasteiger partial charge is 0.391 e. The van der Waals surface area contributed by atoms with Crippen LogP contribution in [0.5, 0.6) is 11.5 Å². The third-order valence-corrected chi connectivity index (χ3v) is 2.61. The van der Waals surface area contributed by atoms with Gasteiger partial charge in [0.1, 0.15) is 0 Å². The average Bonchev–Trinajstić information content (AvgIpc) is 2.26. The van der Waals surface area contributed by atoms with Gasteiger partial charge >= 0.3 is 6.18 Å². The number of benzene rings is 1. The maximum Gasteiger partial charge on any atom is 0.391 e. The summed E-state index contributed by atoms with van der Waals surface area (Å²) in [6, 6.07) is 2.53. The molecule has 3 nitrogen and oxygen atoms in total. The third-order valence-electron chi connectivity index (χ3n) is 2.29. The van der Waals surface area contributed by atoms with Crippen molar-refractivity contribution < 1.29 is 27.8 Å². The van der Waals surface area contributed by atoms with Crippen LogP contribution in [0.1, 0.15) is 18.1 Å². The molecule has 0 amide bonds. The lowest BCUT2D eigenvalue weighted by Gasteiger charge is -2.17. The van der Waals surface area contributed by atoms with E-state index in [1.165, 1.54) is 26.4 Å².